The Morgan fingerprint density at radius 3 is 2.37 bits per heavy atom. The van der Waals surface area contributed by atoms with Crippen LogP contribution in [-0.2, 0) is 9.59 Å². The summed E-state index contributed by atoms with van der Waals surface area (Å²) in [5.41, 5.74) is 0.663. The van der Waals surface area contributed by atoms with Crippen molar-refractivity contribution < 1.29 is 14.7 Å². The highest BCUT2D eigenvalue weighted by Gasteiger charge is 2.60. The maximum atomic E-state index is 12.3. The summed E-state index contributed by atoms with van der Waals surface area (Å²) in [6.45, 7) is 6.87. The molecule has 152 valence electrons. The Labute approximate surface area is 163 Å². The van der Waals surface area contributed by atoms with Crippen LogP contribution in [0, 0.1) is 40.4 Å². The predicted molar refractivity (Wildman–Crippen MR) is 105 cm³/mol. The summed E-state index contributed by atoms with van der Waals surface area (Å²) < 4.78 is 0. The number of rotatable bonds is 4. The number of carboxylic acid groups (broad SMARTS) is 1. The first-order valence-electron chi connectivity index (χ1n) is 11.2. The SMILES string of the molecule is CC(=O)[C@H]1CC[C@H]2[C@@H]3CC[C@@H]4C[C@H](NCC(=O)O)CC[C@]4(C)[C@H]3CC[C@]12C. The second kappa shape index (κ2) is 6.86. The summed E-state index contributed by atoms with van der Waals surface area (Å²) in [6.07, 6.45) is 11.0. The van der Waals surface area contributed by atoms with Gasteiger partial charge < -0.3 is 10.4 Å². The molecule has 8 atom stereocenters. The predicted octanol–water partition coefficient (Wildman–Crippen LogP) is 4.28. The van der Waals surface area contributed by atoms with Crippen LogP contribution in [0.3, 0.4) is 0 Å². The van der Waals surface area contributed by atoms with E-state index in [1.165, 1.54) is 38.5 Å². The molecule has 0 amide bonds. The summed E-state index contributed by atoms with van der Waals surface area (Å²) >= 11 is 0. The molecule has 0 aromatic heterocycles. The molecule has 0 radical (unpaired) electrons. The Morgan fingerprint density at radius 2 is 1.67 bits per heavy atom. The highest BCUT2D eigenvalue weighted by Crippen LogP contribution is 2.67. The van der Waals surface area contributed by atoms with Crippen molar-refractivity contribution >= 4 is 11.8 Å². The second-order valence-electron chi connectivity index (χ2n) is 10.7. The van der Waals surface area contributed by atoms with Crippen molar-refractivity contribution in [2.45, 2.75) is 84.6 Å². The Morgan fingerprint density at radius 1 is 0.963 bits per heavy atom. The molecule has 4 heteroatoms. The Bertz CT molecular complexity index is 619. The van der Waals surface area contributed by atoms with Crippen molar-refractivity contribution in [2.75, 3.05) is 6.54 Å². The second-order valence-corrected chi connectivity index (χ2v) is 10.7. The van der Waals surface area contributed by atoms with E-state index in [9.17, 15) is 9.59 Å². The maximum absolute atomic E-state index is 12.3. The number of aliphatic carboxylic acids is 1. The molecule has 27 heavy (non-hydrogen) atoms. The molecular formula is C23H37NO3. The number of carbonyl (C=O) groups excluding carboxylic acids is 1. The van der Waals surface area contributed by atoms with Crippen LogP contribution in [-0.4, -0.2) is 29.4 Å². The van der Waals surface area contributed by atoms with Crippen molar-refractivity contribution in [2.24, 2.45) is 40.4 Å². The Kier molecular flexibility index (Phi) is 4.93. The van der Waals surface area contributed by atoms with Crippen LogP contribution in [0.1, 0.15) is 78.6 Å². The molecule has 4 nitrogen and oxygen atoms in total. The molecule has 0 saturated heterocycles. The molecule has 4 rings (SSSR count). The number of ketones is 1. The van der Waals surface area contributed by atoms with Crippen LogP contribution in [0.25, 0.3) is 0 Å². The maximum Gasteiger partial charge on any atom is 0.317 e. The van der Waals surface area contributed by atoms with E-state index in [2.05, 4.69) is 19.2 Å². The molecule has 4 aliphatic rings. The molecule has 4 saturated carbocycles. The molecule has 0 aromatic carbocycles. The van der Waals surface area contributed by atoms with Crippen LogP contribution in [0.2, 0.25) is 0 Å². The van der Waals surface area contributed by atoms with Crippen LogP contribution in [0.15, 0.2) is 0 Å². The standard InChI is InChI=1S/C23H37NO3/c1-14(25)18-6-7-19-17-5-4-15-12-16(24-13-21(26)27)8-10-22(15,2)20(17)9-11-23(18,19)3/h15-20,24H,4-13H2,1-3H3,(H,26,27)/t15-,16-,17+,18-,19+,20+,22+,23-/m1/s1. The molecule has 0 aromatic rings. The van der Waals surface area contributed by atoms with E-state index in [-0.39, 0.29) is 12.0 Å². The van der Waals surface area contributed by atoms with Gasteiger partial charge in [0.05, 0.1) is 6.54 Å². The number of nitrogens with one attached hydrogen (secondary N) is 1. The normalized spacial score (nSPS) is 49.0. The van der Waals surface area contributed by atoms with Crippen molar-refractivity contribution in [3.63, 3.8) is 0 Å². The topological polar surface area (TPSA) is 66.4 Å². The number of carboxylic acids is 1. The number of hydrogen-bond donors (Lipinski definition) is 2. The molecule has 4 aliphatic carbocycles. The molecule has 0 bridgehead atoms. The molecule has 2 N–H and O–H groups in total. The quantitative estimate of drug-likeness (QED) is 0.770. The van der Waals surface area contributed by atoms with Crippen LogP contribution < -0.4 is 5.32 Å². The van der Waals surface area contributed by atoms with Crippen LogP contribution in [0.4, 0.5) is 0 Å². The third kappa shape index (κ3) is 3.07. The molecule has 0 aliphatic heterocycles. The lowest BCUT2D eigenvalue weighted by molar-refractivity contribution is -0.136. The number of carbonyl (C=O) groups is 2. The first-order chi connectivity index (χ1) is 12.8. The van der Waals surface area contributed by atoms with Crippen molar-refractivity contribution in [3.8, 4) is 0 Å². The molecular weight excluding hydrogens is 338 g/mol. The first kappa shape index (κ1) is 19.4. The first-order valence-corrected chi connectivity index (χ1v) is 11.2. The number of hydrogen-bond acceptors (Lipinski definition) is 3. The van der Waals surface area contributed by atoms with Crippen LogP contribution >= 0.6 is 0 Å². The lowest BCUT2D eigenvalue weighted by Crippen LogP contribution is -2.55. The summed E-state index contributed by atoms with van der Waals surface area (Å²) in [5, 5.41) is 12.2. The molecule has 0 spiro atoms. The van der Waals surface area contributed by atoms with Gasteiger partial charge in [-0.15, -0.1) is 0 Å². The van der Waals surface area contributed by atoms with E-state index >= 15 is 0 Å². The van der Waals surface area contributed by atoms with Gasteiger partial charge in [0, 0.05) is 12.0 Å². The third-order valence-electron chi connectivity index (χ3n) is 9.70. The number of Topliss-reactive ketones (excluding diaryl/α,β-unsaturated/α-hetero) is 1. The minimum absolute atomic E-state index is 0.0903. The third-order valence-corrected chi connectivity index (χ3v) is 9.70. The Hall–Kier alpha value is -0.900. The summed E-state index contributed by atoms with van der Waals surface area (Å²) in [4.78, 5) is 23.2. The van der Waals surface area contributed by atoms with Crippen molar-refractivity contribution in [1.29, 1.82) is 0 Å². The van der Waals surface area contributed by atoms with E-state index in [1.807, 2.05) is 6.92 Å². The lowest BCUT2D eigenvalue weighted by Gasteiger charge is -2.61. The summed E-state index contributed by atoms with van der Waals surface area (Å²) in [7, 11) is 0. The van der Waals surface area contributed by atoms with Gasteiger partial charge in [0.2, 0.25) is 0 Å². The lowest BCUT2D eigenvalue weighted by atomic mass is 9.44. The minimum Gasteiger partial charge on any atom is -0.480 e. The zero-order valence-electron chi connectivity index (χ0n) is 17.3. The zero-order chi connectivity index (χ0) is 19.4. The average molecular weight is 376 g/mol. The highest BCUT2D eigenvalue weighted by molar-refractivity contribution is 5.79. The fraction of sp³-hybridized carbons (Fsp3) is 0.913. The van der Waals surface area contributed by atoms with E-state index in [0.29, 0.717) is 23.2 Å². The average Bonchev–Trinajstić information content (AvgIpc) is 2.97. The fourth-order valence-electron chi connectivity index (χ4n) is 8.34. The fourth-order valence-corrected chi connectivity index (χ4v) is 8.34. The van der Waals surface area contributed by atoms with E-state index in [4.69, 9.17) is 5.11 Å². The van der Waals surface area contributed by atoms with Gasteiger partial charge in [-0.05, 0) is 99.2 Å². The van der Waals surface area contributed by atoms with Gasteiger partial charge in [0.1, 0.15) is 5.78 Å². The van der Waals surface area contributed by atoms with Crippen molar-refractivity contribution in [3.05, 3.63) is 0 Å². The van der Waals surface area contributed by atoms with Gasteiger partial charge in [-0.2, -0.15) is 0 Å². The largest absolute Gasteiger partial charge is 0.480 e. The summed E-state index contributed by atoms with van der Waals surface area (Å²) in [5.74, 6) is 3.05. The van der Waals surface area contributed by atoms with Gasteiger partial charge >= 0.3 is 5.97 Å². The van der Waals surface area contributed by atoms with E-state index < -0.39 is 5.97 Å². The Balaban J connectivity index is 1.49. The van der Waals surface area contributed by atoms with Crippen LogP contribution in [0.5, 0.6) is 0 Å². The summed E-state index contributed by atoms with van der Waals surface area (Å²) in [6, 6.07) is 0.373. The highest BCUT2D eigenvalue weighted by atomic mass is 16.4. The van der Waals surface area contributed by atoms with Gasteiger partial charge in [0.15, 0.2) is 0 Å². The van der Waals surface area contributed by atoms with E-state index in [1.54, 1.807) is 0 Å². The van der Waals surface area contributed by atoms with Gasteiger partial charge in [-0.3, -0.25) is 9.59 Å². The molecule has 0 heterocycles. The van der Waals surface area contributed by atoms with Crippen molar-refractivity contribution in [1.82, 2.24) is 5.32 Å². The van der Waals surface area contributed by atoms with E-state index in [0.717, 1.165) is 42.9 Å². The van der Waals surface area contributed by atoms with Gasteiger partial charge in [0.25, 0.3) is 0 Å². The van der Waals surface area contributed by atoms with Gasteiger partial charge in [-0.1, -0.05) is 13.8 Å². The minimum atomic E-state index is -0.750. The number of fused-ring (bicyclic) bond motifs is 5. The smallest absolute Gasteiger partial charge is 0.317 e. The molecule has 0 unspecified atom stereocenters. The molecule has 4 fully saturated rings. The monoisotopic (exact) mass is 375 g/mol. The zero-order valence-corrected chi connectivity index (χ0v) is 17.3. The van der Waals surface area contributed by atoms with Gasteiger partial charge in [-0.25, -0.2) is 0 Å².